The zero-order chi connectivity index (χ0) is 21.8. The number of hydrogen-bond acceptors (Lipinski definition) is 6. The van der Waals surface area contributed by atoms with Crippen molar-refractivity contribution in [3.8, 4) is 5.75 Å². The molecule has 2 atom stereocenters. The van der Waals surface area contributed by atoms with E-state index >= 15 is 0 Å². The summed E-state index contributed by atoms with van der Waals surface area (Å²) >= 11 is 1.63. The van der Waals surface area contributed by atoms with Crippen LogP contribution < -0.4 is 15.0 Å². The topological polar surface area (TPSA) is 67.4 Å². The standard InChI is InChI=1S/C23H25FN4O2S/c1-13-9-16-20(25-12-26-22(16)31-13)28-8-4-5-18(28)21(29)27-17-11-23(2,3)30-19-10-14(24)6-7-15(17)19/h6-7,9-10,12,17-18H,4-5,8,11H2,1-3H3,(H,27,29). The number of benzene rings is 1. The fourth-order valence-electron chi connectivity index (χ4n) is 4.71. The van der Waals surface area contributed by atoms with Crippen molar-refractivity contribution in [3.63, 3.8) is 0 Å². The van der Waals surface area contributed by atoms with Gasteiger partial charge >= 0.3 is 0 Å². The minimum atomic E-state index is -0.499. The third kappa shape index (κ3) is 3.73. The van der Waals surface area contributed by atoms with Crippen molar-refractivity contribution in [1.29, 1.82) is 0 Å². The molecule has 8 heteroatoms. The summed E-state index contributed by atoms with van der Waals surface area (Å²) in [6.07, 6.45) is 3.88. The van der Waals surface area contributed by atoms with Gasteiger partial charge in [0.1, 0.15) is 40.2 Å². The molecule has 31 heavy (non-hydrogen) atoms. The fraction of sp³-hybridized carbons (Fsp3) is 0.435. The molecule has 0 radical (unpaired) electrons. The lowest BCUT2D eigenvalue weighted by Crippen LogP contribution is -2.48. The van der Waals surface area contributed by atoms with Crippen molar-refractivity contribution in [3.05, 3.63) is 46.9 Å². The zero-order valence-corrected chi connectivity index (χ0v) is 18.6. The Balaban J connectivity index is 1.42. The van der Waals surface area contributed by atoms with Gasteiger partial charge in [-0.2, -0.15) is 0 Å². The second-order valence-electron chi connectivity index (χ2n) is 8.93. The van der Waals surface area contributed by atoms with Crippen LogP contribution in [0, 0.1) is 12.7 Å². The molecule has 162 valence electrons. The van der Waals surface area contributed by atoms with Crippen LogP contribution >= 0.6 is 11.3 Å². The lowest BCUT2D eigenvalue weighted by atomic mass is 9.89. The Hall–Kier alpha value is -2.74. The molecule has 0 aliphatic carbocycles. The molecule has 1 aromatic carbocycles. The van der Waals surface area contributed by atoms with Crippen LogP contribution in [0.15, 0.2) is 30.6 Å². The minimum absolute atomic E-state index is 0.0332. The second-order valence-corrected chi connectivity index (χ2v) is 10.2. The number of nitrogens with zero attached hydrogens (tertiary/aromatic N) is 3. The predicted octanol–water partition coefficient (Wildman–Crippen LogP) is 4.53. The Morgan fingerprint density at radius 3 is 3.00 bits per heavy atom. The summed E-state index contributed by atoms with van der Waals surface area (Å²) < 4.78 is 19.7. The maximum absolute atomic E-state index is 13.8. The molecular weight excluding hydrogens is 415 g/mol. The molecule has 1 amide bonds. The van der Waals surface area contributed by atoms with Gasteiger partial charge in [-0.25, -0.2) is 14.4 Å². The van der Waals surface area contributed by atoms with E-state index in [1.807, 2.05) is 13.8 Å². The van der Waals surface area contributed by atoms with E-state index in [1.165, 1.54) is 17.0 Å². The Morgan fingerprint density at radius 1 is 1.32 bits per heavy atom. The first-order chi connectivity index (χ1) is 14.8. The van der Waals surface area contributed by atoms with Crippen molar-refractivity contribution < 1.29 is 13.9 Å². The van der Waals surface area contributed by atoms with Crippen LogP contribution in [0.3, 0.4) is 0 Å². The second kappa shape index (κ2) is 7.44. The third-order valence-corrected chi connectivity index (χ3v) is 6.97. The van der Waals surface area contributed by atoms with Crippen molar-refractivity contribution in [2.45, 2.75) is 57.7 Å². The SMILES string of the molecule is Cc1cc2c(N3CCCC3C(=O)NC3CC(C)(C)Oc4cc(F)ccc43)ncnc2s1. The highest BCUT2D eigenvalue weighted by Crippen LogP contribution is 2.40. The number of aromatic nitrogens is 2. The fourth-order valence-corrected chi connectivity index (χ4v) is 5.55. The van der Waals surface area contributed by atoms with E-state index in [0.29, 0.717) is 12.2 Å². The summed E-state index contributed by atoms with van der Waals surface area (Å²) in [4.78, 5) is 26.5. The number of anilines is 1. The van der Waals surface area contributed by atoms with E-state index < -0.39 is 5.60 Å². The van der Waals surface area contributed by atoms with Crippen LogP contribution in [0.2, 0.25) is 0 Å². The van der Waals surface area contributed by atoms with Gasteiger partial charge < -0.3 is 15.0 Å². The number of ether oxygens (including phenoxy) is 1. The first-order valence-corrected chi connectivity index (χ1v) is 11.4. The molecule has 2 aliphatic heterocycles. The van der Waals surface area contributed by atoms with Crippen LogP contribution in [-0.4, -0.2) is 34.1 Å². The predicted molar refractivity (Wildman–Crippen MR) is 119 cm³/mol. The molecule has 1 saturated heterocycles. The number of aryl methyl sites for hydroxylation is 1. The van der Waals surface area contributed by atoms with Gasteiger partial charge in [-0.15, -0.1) is 11.3 Å². The summed E-state index contributed by atoms with van der Waals surface area (Å²) in [7, 11) is 0. The molecule has 0 saturated carbocycles. The van der Waals surface area contributed by atoms with Gasteiger partial charge in [-0.05, 0) is 45.7 Å². The molecule has 5 rings (SSSR count). The number of hydrogen-bond donors (Lipinski definition) is 1. The maximum atomic E-state index is 13.8. The summed E-state index contributed by atoms with van der Waals surface area (Å²) in [5.41, 5.74) is 0.317. The molecule has 0 bridgehead atoms. The number of nitrogens with one attached hydrogen (secondary N) is 1. The highest BCUT2D eigenvalue weighted by molar-refractivity contribution is 7.18. The quantitative estimate of drug-likeness (QED) is 0.648. The molecule has 1 fully saturated rings. The van der Waals surface area contributed by atoms with E-state index in [9.17, 15) is 9.18 Å². The van der Waals surface area contributed by atoms with E-state index in [2.05, 4.69) is 33.2 Å². The average molecular weight is 441 g/mol. The number of fused-ring (bicyclic) bond motifs is 2. The monoisotopic (exact) mass is 440 g/mol. The lowest BCUT2D eigenvalue weighted by Gasteiger charge is -2.38. The number of amides is 1. The van der Waals surface area contributed by atoms with Gasteiger partial charge in [0.2, 0.25) is 5.91 Å². The number of carbonyl (C=O) groups excluding carboxylic acids is 1. The lowest BCUT2D eigenvalue weighted by molar-refractivity contribution is -0.123. The Morgan fingerprint density at radius 2 is 2.16 bits per heavy atom. The molecule has 4 heterocycles. The normalized spacial score (nSPS) is 22.3. The summed E-state index contributed by atoms with van der Waals surface area (Å²) in [6.45, 7) is 6.74. The van der Waals surface area contributed by atoms with Gasteiger partial charge in [-0.1, -0.05) is 6.07 Å². The molecule has 2 aromatic heterocycles. The van der Waals surface area contributed by atoms with Crippen molar-refractivity contribution in [2.24, 2.45) is 0 Å². The van der Waals surface area contributed by atoms with Crippen molar-refractivity contribution in [1.82, 2.24) is 15.3 Å². The Labute approximate surface area is 184 Å². The zero-order valence-electron chi connectivity index (χ0n) is 17.8. The first kappa shape index (κ1) is 20.2. The smallest absolute Gasteiger partial charge is 0.243 e. The number of thiophene rings is 1. The number of rotatable bonds is 3. The molecule has 2 unspecified atom stereocenters. The van der Waals surface area contributed by atoms with E-state index in [0.717, 1.165) is 41.0 Å². The van der Waals surface area contributed by atoms with Crippen molar-refractivity contribution >= 4 is 33.3 Å². The van der Waals surface area contributed by atoms with Gasteiger partial charge in [0, 0.05) is 29.5 Å². The largest absolute Gasteiger partial charge is 0.487 e. The minimum Gasteiger partial charge on any atom is -0.487 e. The Kier molecular flexibility index (Phi) is 4.84. The summed E-state index contributed by atoms with van der Waals surface area (Å²) in [6, 6.07) is 6.08. The average Bonchev–Trinajstić information content (AvgIpc) is 3.32. The molecule has 3 aromatic rings. The molecule has 0 spiro atoms. The van der Waals surface area contributed by atoms with Crippen LogP contribution in [0.5, 0.6) is 5.75 Å². The molecule has 6 nitrogen and oxygen atoms in total. The number of halogens is 1. The first-order valence-electron chi connectivity index (χ1n) is 10.6. The van der Waals surface area contributed by atoms with Crippen LogP contribution in [0.1, 0.15) is 49.6 Å². The van der Waals surface area contributed by atoms with Gasteiger partial charge in [-0.3, -0.25) is 4.79 Å². The van der Waals surface area contributed by atoms with Gasteiger partial charge in [0.05, 0.1) is 11.4 Å². The van der Waals surface area contributed by atoms with E-state index in [-0.39, 0.29) is 23.8 Å². The van der Waals surface area contributed by atoms with Crippen LogP contribution in [-0.2, 0) is 4.79 Å². The molecular formula is C23H25FN4O2S. The maximum Gasteiger partial charge on any atom is 0.243 e. The highest BCUT2D eigenvalue weighted by atomic mass is 32.1. The van der Waals surface area contributed by atoms with Gasteiger partial charge in [0.15, 0.2) is 0 Å². The van der Waals surface area contributed by atoms with Crippen LogP contribution in [0.25, 0.3) is 10.2 Å². The van der Waals surface area contributed by atoms with E-state index in [4.69, 9.17) is 4.74 Å². The number of carbonyl (C=O) groups is 1. The van der Waals surface area contributed by atoms with Crippen LogP contribution in [0.4, 0.5) is 10.2 Å². The molecule has 2 aliphatic rings. The van der Waals surface area contributed by atoms with Crippen molar-refractivity contribution in [2.75, 3.05) is 11.4 Å². The van der Waals surface area contributed by atoms with Gasteiger partial charge in [0.25, 0.3) is 0 Å². The Bertz CT molecular complexity index is 1160. The summed E-state index contributed by atoms with van der Waals surface area (Å²) in [5, 5.41) is 4.22. The van der Waals surface area contributed by atoms with E-state index in [1.54, 1.807) is 23.7 Å². The highest BCUT2D eigenvalue weighted by Gasteiger charge is 2.38. The third-order valence-electron chi connectivity index (χ3n) is 6.01. The molecule has 1 N–H and O–H groups in total. The summed E-state index contributed by atoms with van der Waals surface area (Å²) in [5.74, 6) is 0.939.